The monoisotopic (exact) mass is 421 g/mol. The van der Waals surface area contributed by atoms with Gasteiger partial charge >= 0.3 is 6.09 Å². The smallest absolute Gasteiger partial charge is 0.407 e. The quantitative estimate of drug-likeness (QED) is 0.575. The predicted octanol–water partition coefficient (Wildman–Crippen LogP) is 4.80. The van der Waals surface area contributed by atoms with Crippen LogP contribution in [-0.4, -0.2) is 31.0 Å². The van der Waals surface area contributed by atoms with Crippen LogP contribution < -0.4 is 10.1 Å². The topological polar surface area (TPSA) is 67.8 Å². The molecule has 3 aromatic carbocycles. The molecule has 2 N–H and O–H groups in total. The number of carbonyl (C=O) groups is 1. The Hall–Kier alpha value is -3.38. The lowest BCUT2D eigenvalue weighted by Crippen LogP contribution is -2.29. The first-order valence-corrected chi connectivity index (χ1v) is 10.2. The summed E-state index contributed by atoms with van der Waals surface area (Å²) in [5.74, 6) is -0.271. The number of nitrogens with one attached hydrogen (secondary N) is 1. The molecular weight excluding hydrogens is 397 g/mol. The minimum atomic E-state index is -0.675. The zero-order valence-electron chi connectivity index (χ0n) is 17.2. The molecule has 0 heterocycles. The second-order valence-corrected chi connectivity index (χ2v) is 7.42. The fourth-order valence-corrected chi connectivity index (χ4v) is 4.11. The van der Waals surface area contributed by atoms with E-state index < -0.39 is 18.0 Å². The van der Waals surface area contributed by atoms with Crippen molar-refractivity contribution in [2.75, 3.05) is 19.8 Å². The van der Waals surface area contributed by atoms with Gasteiger partial charge in [0.1, 0.15) is 24.8 Å². The first-order chi connectivity index (χ1) is 15.1. The van der Waals surface area contributed by atoms with E-state index in [0.717, 1.165) is 22.3 Å². The fourth-order valence-electron chi connectivity index (χ4n) is 4.11. The van der Waals surface area contributed by atoms with Gasteiger partial charge in [0.15, 0.2) is 0 Å². The van der Waals surface area contributed by atoms with E-state index in [0.29, 0.717) is 0 Å². The molecule has 1 atom stereocenters. The van der Waals surface area contributed by atoms with Crippen LogP contribution in [0.15, 0.2) is 66.7 Å². The van der Waals surface area contributed by atoms with Crippen LogP contribution in [0.25, 0.3) is 11.1 Å². The standard InChI is InChI=1S/C25H24FNO4/c1-16(24-22(26)11-6-12-23(24)30-14-13-28)27-25(29)31-15-21-19-9-4-2-7-17(19)18-8-3-5-10-20(18)21/h2-12,16,21,28H,13-15H2,1H3,(H,27,29). The fraction of sp³-hybridized carbons (Fsp3) is 0.240. The highest BCUT2D eigenvalue weighted by molar-refractivity contribution is 5.79. The highest BCUT2D eigenvalue weighted by atomic mass is 19.1. The largest absolute Gasteiger partial charge is 0.491 e. The third-order valence-electron chi connectivity index (χ3n) is 5.47. The zero-order chi connectivity index (χ0) is 21.8. The third kappa shape index (κ3) is 4.25. The summed E-state index contributed by atoms with van der Waals surface area (Å²) in [4.78, 5) is 12.5. The SMILES string of the molecule is CC(NC(=O)OCC1c2ccccc2-c2ccccc21)c1c(F)cccc1OCCO. The number of carbonyl (C=O) groups excluding carboxylic acids is 1. The van der Waals surface area contributed by atoms with Crippen molar-refractivity contribution in [2.24, 2.45) is 0 Å². The predicted molar refractivity (Wildman–Crippen MR) is 116 cm³/mol. The number of rotatable bonds is 7. The summed E-state index contributed by atoms with van der Waals surface area (Å²) in [6.07, 6.45) is -0.634. The Bertz CT molecular complexity index is 1040. The Morgan fingerprint density at radius 2 is 1.68 bits per heavy atom. The van der Waals surface area contributed by atoms with Gasteiger partial charge < -0.3 is 19.9 Å². The second kappa shape index (κ2) is 9.18. The number of aliphatic hydroxyl groups excluding tert-OH is 1. The van der Waals surface area contributed by atoms with Gasteiger partial charge in [-0.25, -0.2) is 9.18 Å². The molecule has 6 heteroatoms. The van der Waals surface area contributed by atoms with Crippen molar-refractivity contribution < 1.29 is 23.8 Å². The highest BCUT2D eigenvalue weighted by Crippen LogP contribution is 2.44. The molecule has 3 aromatic rings. The van der Waals surface area contributed by atoms with Gasteiger partial charge in [-0.3, -0.25) is 0 Å². The molecule has 0 fully saturated rings. The maximum Gasteiger partial charge on any atom is 0.407 e. The number of aliphatic hydroxyl groups is 1. The summed E-state index contributed by atoms with van der Waals surface area (Å²) in [5.41, 5.74) is 4.76. The normalized spacial score (nSPS) is 13.3. The summed E-state index contributed by atoms with van der Waals surface area (Å²) >= 11 is 0. The van der Waals surface area contributed by atoms with E-state index in [4.69, 9.17) is 14.6 Å². The minimum absolute atomic E-state index is 0.0358. The van der Waals surface area contributed by atoms with Crippen LogP contribution in [0.5, 0.6) is 5.75 Å². The van der Waals surface area contributed by atoms with Gasteiger partial charge in [0.25, 0.3) is 0 Å². The number of benzene rings is 3. The van der Waals surface area contributed by atoms with Gasteiger partial charge in [-0.2, -0.15) is 0 Å². The van der Waals surface area contributed by atoms with E-state index in [-0.39, 0.29) is 37.1 Å². The molecule has 0 aliphatic heterocycles. The van der Waals surface area contributed by atoms with Crippen LogP contribution in [0.3, 0.4) is 0 Å². The Labute approximate surface area is 180 Å². The molecule has 0 bridgehead atoms. The van der Waals surface area contributed by atoms with Gasteiger partial charge in [-0.05, 0) is 41.3 Å². The minimum Gasteiger partial charge on any atom is -0.491 e. The molecule has 1 amide bonds. The maximum absolute atomic E-state index is 14.4. The van der Waals surface area contributed by atoms with Crippen LogP contribution in [0.4, 0.5) is 9.18 Å². The number of hydrogen-bond donors (Lipinski definition) is 2. The number of amides is 1. The van der Waals surface area contributed by atoms with Crippen molar-refractivity contribution in [3.63, 3.8) is 0 Å². The van der Waals surface area contributed by atoms with Crippen LogP contribution >= 0.6 is 0 Å². The first-order valence-electron chi connectivity index (χ1n) is 10.2. The van der Waals surface area contributed by atoms with E-state index in [1.54, 1.807) is 13.0 Å². The maximum atomic E-state index is 14.4. The van der Waals surface area contributed by atoms with Crippen molar-refractivity contribution in [2.45, 2.75) is 18.9 Å². The summed E-state index contributed by atoms with van der Waals surface area (Å²) in [6, 6.07) is 19.9. The van der Waals surface area contributed by atoms with E-state index in [9.17, 15) is 9.18 Å². The summed E-state index contributed by atoms with van der Waals surface area (Å²) in [6.45, 7) is 1.68. The molecule has 160 valence electrons. The number of halogens is 1. The van der Waals surface area contributed by atoms with Crippen molar-refractivity contribution in [1.82, 2.24) is 5.32 Å². The van der Waals surface area contributed by atoms with Crippen LogP contribution in [0.1, 0.15) is 35.6 Å². The third-order valence-corrected chi connectivity index (χ3v) is 5.47. The Morgan fingerprint density at radius 1 is 1.03 bits per heavy atom. The number of fused-ring (bicyclic) bond motifs is 3. The van der Waals surface area contributed by atoms with Gasteiger partial charge in [-0.15, -0.1) is 0 Å². The molecule has 4 rings (SSSR count). The molecule has 5 nitrogen and oxygen atoms in total. The van der Waals surface area contributed by atoms with E-state index in [1.165, 1.54) is 12.1 Å². The van der Waals surface area contributed by atoms with Gasteiger partial charge in [0, 0.05) is 5.92 Å². The molecule has 1 unspecified atom stereocenters. The zero-order valence-corrected chi connectivity index (χ0v) is 17.2. The van der Waals surface area contributed by atoms with E-state index >= 15 is 0 Å². The molecular formula is C25H24FNO4. The van der Waals surface area contributed by atoms with Gasteiger partial charge in [-0.1, -0.05) is 54.6 Å². The van der Waals surface area contributed by atoms with E-state index in [2.05, 4.69) is 17.4 Å². The molecule has 0 spiro atoms. The van der Waals surface area contributed by atoms with Crippen molar-refractivity contribution in [1.29, 1.82) is 0 Å². The lowest BCUT2D eigenvalue weighted by atomic mass is 9.98. The molecule has 1 aliphatic rings. The molecule has 0 aromatic heterocycles. The number of ether oxygens (including phenoxy) is 2. The van der Waals surface area contributed by atoms with Crippen molar-refractivity contribution >= 4 is 6.09 Å². The second-order valence-electron chi connectivity index (χ2n) is 7.42. The highest BCUT2D eigenvalue weighted by Gasteiger charge is 2.29. The van der Waals surface area contributed by atoms with Crippen molar-refractivity contribution in [3.05, 3.63) is 89.2 Å². The summed E-state index contributed by atoms with van der Waals surface area (Å²) < 4.78 is 25.4. The molecule has 0 saturated heterocycles. The number of hydrogen-bond acceptors (Lipinski definition) is 4. The molecule has 0 saturated carbocycles. The van der Waals surface area contributed by atoms with Crippen LogP contribution in [0, 0.1) is 5.82 Å². The average Bonchev–Trinajstić information content (AvgIpc) is 3.10. The lowest BCUT2D eigenvalue weighted by Gasteiger charge is -2.20. The average molecular weight is 421 g/mol. The summed E-state index contributed by atoms with van der Waals surface area (Å²) in [7, 11) is 0. The molecule has 1 aliphatic carbocycles. The molecule has 0 radical (unpaired) electrons. The molecule has 31 heavy (non-hydrogen) atoms. The summed E-state index contributed by atoms with van der Waals surface area (Å²) in [5, 5.41) is 11.7. The van der Waals surface area contributed by atoms with Gasteiger partial charge in [0.05, 0.1) is 18.2 Å². The Morgan fingerprint density at radius 3 is 2.32 bits per heavy atom. The van der Waals surface area contributed by atoms with Crippen LogP contribution in [0.2, 0.25) is 0 Å². The van der Waals surface area contributed by atoms with Crippen LogP contribution in [-0.2, 0) is 4.74 Å². The van der Waals surface area contributed by atoms with Gasteiger partial charge in [0.2, 0.25) is 0 Å². The van der Waals surface area contributed by atoms with E-state index in [1.807, 2.05) is 36.4 Å². The first kappa shape index (κ1) is 20.9. The Balaban J connectivity index is 1.45. The number of alkyl carbamates (subject to hydrolysis) is 1. The van der Waals surface area contributed by atoms with Crippen molar-refractivity contribution in [3.8, 4) is 16.9 Å². The lowest BCUT2D eigenvalue weighted by molar-refractivity contribution is 0.139. The Kier molecular flexibility index (Phi) is 6.18.